The first-order valence-electron chi connectivity index (χ1n) is 18.2. The highest BCUT2D eigenvalue weighted by atomic mass is 32.1. The van der Waals surface area contributed by atoms with Crippen LogP contribution in [0.4, 0.5) is 4.79 Å². The van der Waals surface area contributed by atoms with Gasteiger partial charge in [-0.3, -0.25) is 19.6 Å². The second-order valence-corrected chi connectivity index (χ2v) is 15.9. The number of benzene rings is 1. The highest BCUT2D eigenvalue weighted by molar-refractivity contribution is 7.10. The van der Waals surface area contributed by atoms with Gasteiger partial charge < -0.3 is 24.3 Å². The number of methoxy groups -OCH3 is 1. The molecule has 1 fully saturated rings. The van der Waals surface area contributed by atoms with Crippen molar-refractivity contribution in [3.8, 4) is 22.5 Å². The Bertz CT molecular complexity index is 1950. The van der Waals surface area contributed by atoms with Gasteiger partial charge in [0.15, 0.2) is 0 Å². The van der Waals surface area contributed by atoms with Crippen LogP contribution in [0.5, 0.6) is 0 Å². The number of esters is 1. The van der Waals surface area contributed by atoms with Gasteiger partial charge in [0.1, 0.15) is 12.1 Å². The lowest BCUT2D eigenvalue weighted by Crippen LogP contribution is -2.61. The van der Waals surface area contributed by atoms with Crippen LogP contribution < -0.4 is 10.7 Å². The number of thiazole rings is 1. The molecule has 5 heterocycles. The molecule has 278 valence electrons. The molecule has 0 saturated carbocycles. The Labute approximate surface area is 309 Å². The van der Waals surface area contributed by atoms with Crippen molar-refractivity contribution in [1.29, 1.82) is 0 Å². The van der Waals surface area contributed by atoms with E-state index in [9.17, 15) is 14.4 Å². The average molecular weight is 730 g/mol. The van der Waals surface area contributed by atoms with Crippen LogP contribution in [0.1, 0.15) is 76.8 Å². The van der Waals surface area contributed by atoms with Crippen LogP contribution in [0.3, 0.4) is 0 Å². The lowest BCUT2D eigenvalue weighted by Gasteiger charge is -2.36. The topological polar surface area (TPSA) is 131 Å². The highest BCUT2D eigenvalue weighted by Gasteiger charge is 2.36. The van der Waals surface area contributed by atoms with Crippen LogP contribution in [0.15, 0.2) is 41.9 Å². The second kappa shape index (κ2) is 15.3. The van der Waals surface area contributed by atoms with Crippen LogP contribution in [0.2, 0.25) is 0 Å². The van der Waals surface area contributed by atoms with E-state index < -0.39 is 23.5 Å². The third-order valence-corrected chi connectivity index (χ3v) is 11.1. The van der Waals surface area contributed by atoms with Crippen molar-refractivity contribution in [2.45, 2.75) is 98.0 Å². The molecule has 6 rings (SSSR count). The minimum atomic E-state index is -0.897. The van der Waals surface area contributed by atoms with Crippen LogP contribution in [-0.4, -0.2) is 87.8 Å². The molecule has 2 aliphatic rings. The Morgan fingerprint density at radius 3 is 2.75 bits per heavy atom. The van der Waals surface area contributed by atoms with Crippen molar-refractivity contribution in [3.63, 3.8) is 0 Å². The predicted molar refractivity (Wildman–Crippen MR) is 203 cm³/mol. The Kier molecular flexibility index (Phi) is 11.0. The number of urea groups is 1. The van der Waals surface area contributed by atoms with Crippen molar-refractivity contribution < 1.29 is 23.9 Å². The maximum atomic E-state index is 14.1. The van der Waals surface area contributed by atoms with Gasteiger partial charge in [-0.05, 0) is 76.8 Å². The maximum Gasteiger partial charge on any atom is 0.324 e. The molecule has 1 aromatic carbocycles. The van der Waals surface area contributed by atoms with Crippen LogP contribution >= 0.6 is 11.3 Å². The van der Waals surface area contributed by atoms with E-state index in [-0.39, 0.29) is 37.1 Å². The molecule has 12 nitrogen and oxygen atoms in total. The molecule has 2 N–H and O–H groups in total. The summed E-state index contributed by atoms with van der Waals surface area (Å²) in [7, 11) is 3.40. The molecule has 52 heavy (non-hydrogen) atoms. The molecule has 0 radical (unpaired) electrons. The normalized spacial score (nSPS) is 20.1. The number of aromatic nitrogens is 3. The van der Waals surface area contributed by atoms with Gasteiger partial charge in [-0.1, -0.05) is 19.9 Å². The van der Waals surface area contributed by atoms with Gasteiger partial charge in [-0.15, -0.1) is 11.3 Å². The molecule has 0 spiro atoms. The summed E-state index contributed by atoms with van der Waals surface area (Å²) in [6, 6.07) is 8.50. The second-order valence-electron chi connectivity index (χ2n) is 14.9. The first kappa shape index (κ1) is 37.4. The molecule has 0 unspecified atom stereocenters. The van der Waals surface area contributed by atoms with Crippen molar-refractivity contribution in [2.75, 3.05) is 27.3 Å². The fraction of sp³-hybridized carbons (Fsp3) is 0.513. The summed E-state index contributed by atoms with van der Waals surface area (Å²) in [5.41, 5.74) is 9.58. The number of nitrogens with zero attached hydrogens (tertiary/aromatic N) is 5. The molecule has 3 amide bonds. The van der Waals surface area contributed by atoms with E-state index in [0.29, 0.717) is 25.8 Å². The minimum absolute atomic E-state index is 0.0618. The molecule has 3 aromatic heterocycles. The fourth-order valence-corrected chi connectivity index (χ4v) is 7.90. The van der Waals surface area contributed by atoms with Gasteiger partial charge in [0, 0.05) is 78.7 Å². The molecule has 1 saturated heterocycles. The number of fused-ring (bicyclic) bond motifs is 6. The molecule has 3 atom stereocenters. The lowest BCUT2D eigenvalue weighted by atomic mass is 9.84. The van der Waals surface area contributed by atoms with Crippen LogP contribution in [-0.2, 0) is 38.4 Å². The minimum Gasteiger partial charge on any atom is -0.464 e. The van der Waals surface area contributed by atoms with E-state index >= 15 is 0 Å². The van der Waals surface area contributed by atoms with Gasteiger partial charge in [-0.2, -0.15) is 0 Å². The molecule has 2 aliphatic heterocycles. The highest BCUT2D eigenvalue weighted by Crippen LogP contribution is 2.42. The Morgan fingerprint density at radius 1 is 1.23 bits per heavy atom. The molecule has 4 aromatic rings. The summed E-state index contributed by atoms with van der Waals surface area (Å²) in [6.45, 7) is 13.5. The van der Waals surface area contributed by atoms with Gasteiger partial charge in [0.05, 0.1) is 34.8 Å². The van der Waals surface area contributed by atoms with E-state index in [1.54, 1.807) is 25.3 Å². The largest absolute Gasteiger partial charge is 0.464 e. The predicted octanol–water partition coefficient (Wildman–Crippen LogP) is 6.14. The molecule has 0 aliphatic carbocycles. The molecule has 13 heteroatoms. The molecular weight excluding hydrogens is 679 g/mol. The summed E-state index contributed by atoms with van der Waals surface area (Å²) in [4.78, 5) is 52.2. The molecule has 6 bridgehead atoms. The van der Waals surface area contributed by atoms with E-state index in [1.165, 1.54) is 16.3 Å². The third kappa shape index (κ3) is 7.58. The zero-order valence-electron chi connectivity index (χ0n) is 31.5. The van der Waals surface area contributed by atoms with Crippen molar-refractivity contribution in [1.82, 2.24) is 35.2 Å². The third-order valence-electron chi connectivity index (χ3n) is 10.2. The van der Waals surface area contributed by atoms with Gasteiger partial charge in [0.2, 0.25) is 0 Å². The fourth-order valence-electron chi connectivity index (χ4n) is 7.05. The van der Waals surface area contributed by atoms with Gasteiger partial charge >= 0.3 is 12.0 Å². The number of ether oxygens (including phenoxy) is 2. The summed E-state index contributed by atoms with van der Waals surface area (Å²) < 4.78 is 14.2. The van der Waals surface area contributed by atoms with E-state index in [0.717, 1.165) is 56.2 Å². The van der Waals surface area contributed by atoms with E-state index in [1.807, 2.05) is 32.2 Å². The Balaban J connectivity index is 1.50. The number of nitrogens with one attached hydrogen (secondary N) is 2. The summed E-state index contributed by atoms with van der Waals surface area (Å²) in [5.74, 6) is -0.725. The van der Waals surface area contributed by atoms with Crippen molar-refractivity contribution in [3.05, 3.63) is 58.2 Å². The average Bonchev–Trinajstić information content (AvgIpc) is 3.73. The number of hydrogen-bond acceptors (Lipinski definition) is 9. The number of hydrogen-bond donors (Lipinski definition) is 2. The van der Waals surface area contributed by atoms with Crippen LogP contribution in [0, 0.1) is 5.41 Å². The quantitative estimate of drug-likeness (QED) is 0.227. The zero-order chi connectivity index (χ0) is 37.3. The number of hydrazine groups is 1. The Hall–Kier alpha value is -4.33. The monoisotopic (exact) mass is 729 g/mol. The number of carbonyl (C=O) groups excluding carboxylic acids is 3. The summed E-state index contributed by atoms with van der Waals surface area (Å²) in [6.07, 6.45) is 3.55. The first-order valence-corrected chi connectivity index (χ1v) is 19.0. The first-order chi connectivity index (χ1) is 24.8. The lowest BCUT2D eigenvalue weighted by molar-refractivity contribution is -0.155. The van der Waals surface area contributed by atoms with E-state index in [2.05, 4.69) is 60.3 Å². The number of amides is 3. The number of aryl methyl sites for hydroxylation is 1. The summed E-state index contributed by atoms with van der Waals surface area (Å²) in [5, 5.41) is 8.23. The zero-order valence-corrected chi connectivity index (χ0v) is 32.3. The van der Waals surface area contributed by atoms with Crippen LogP contribution in [0.25, 0.3) is 33.4 Å². The number of rotatable bonds is 6. The number of pyridine rings is 1. The number of cyclic esters (lactones) is 1. The molecular formula is C39H51N7O5S. The van der Waals surface area contributed by atoms with Gasteiger partial charge in [0.25, 0.3) is 5.91 Å². The van der Waals surface area contributed by atoms with E-state index in [4.69, 9.17) is 19.4 Å². The Morgan fingerprint density at radius 2 is 2.02 bits per heavy atom. The standard InChI is InChI=1S/C39H51N7O5S/c1-9-45-32-15-14-25-18-27(32)28(35(45)26-12-10-16-40-34(26)24(4)50-8)20-39(5,6)22-51-37(48)29-13-11-17-46(43-29)36(47)30(19-33-41-31(25)21-52-33)42-38(49)44(7)23(2)3/h10,12,14-16,18,21,23-24,29-30,43H,9,11,13,17,19-20,22H2,1-8H3,(H,42,49)/t24-,29-,30-/m0/s1. The smallest absolute Gasteiger partial charge is 0.324 e. The number of carbonyl (C=O) groups is 3. The SMILES string of the molecule is CCn1c(-c2cccnc2[C@H](C)OC)c2c3cc(ccc31)-c1csc(n1)C[C@H](NC(=O)N(C)C(C)C)C(=O)N1CCC[C@H](N1)C(=O)OCC(C)(C)C2. The summed E-state index contributed by atoms with van der Waals surface area (Å²) >= 11 is 1.46. The van der Waals surface area contributed by atoms with Gasteiger partial charge in [-0.25, -0.2) is 15.2 Å². The van der Waals surface area contributed by atoms with Crippen molar-refractivity contribution in [2.24, 2.45) is 5.41 Å². The maximum absolute atomic E-state index is 14.1. The van der Waals surface area contributed by atoms with Crippen molar-refractivity contribution >= 4 is 40.1 Å².